The largest absolute Gasteiger partial charge is 0.475 e. The SMILES string of the molecule is Cc1ccc(CC(N)B2O[C@@H]3C[C@@H]4C[C@@H](C4(C)C)[C@]3(C)O2)c(C)c1. The first kappa shape index (κ1) is 16.6. The zero-order chi connectivity index (χ0) is 17.3. The third-order valence-electron chi connectivity index (χ3n) is 7.27. The first-order chi connectivity index (χ1) is 11.2. The Labute approximate surface area is 146 Å². The van der Waals surface area contributed by atoms with Crippen molar-refractivity contribution in [1.29, 1.82) is 0 Å². The molecular formula is C20H30BNO2. The highest BCUT2D eigenvalue weighted by molar-refractivity contribution is 6.47. The van der Waals surface area contributed by atoms with Crippen LogP contribution in [0.3, 0.4) is 0 Å². The molecule has 130 valence electrons. The topological polar surface area (TPSA) is 44.5 Å². The van der Waals surface area contributed by atoms with E-state index in [0.29, 0.717) is 11.3 Å². The van der Waals surface area contributed by atoms with Crippen LogP contribution in [-0.4, -0.2) is 24.8 Å². The molecule has 1 aromatic rings. The average molecular weight is 327 g/mol. The van der Waals surface area contributed by atoms with Crippen LogP contribution >= 0.6 is 0 Å². The quantitative estimate of drug-likeness (QED) is 0.865. The maximum atomic E-state index is 6.51. The van der Waals surface area contributed by atoms with Crippen molar-refractivity contribution < 1.29 is 9.31 Å². The van der Waals surface area contributed by atoms with Gasteiger partial charge in [0.1, 0.15) is 0 Å². The predicted octanol–water partition coefficient (Wildman–Crippen LogP) is 3.44. The van der Waals surface area contributed by atoms with Crippen LogP contribution in [0.25, 0.3) is 0 Å². The summed E-state index contributed by atoms with van der Waals surface area (Å²) in [4.78, 5) is 0. The molecule has 2 bridgehead atoms. The van der Waals surface area contributed by atoms with Crippen LogP contribution in [-0.2, 0) is 15.7 Å². The Balaban J connectivity index is 1.48. The summed E-state index contributed by atoms with van der Waals surface area (Å²) in [7, 11) is -0.282. The zero-order valence-electron chi connectivity index (χ0n) is 15.6. The molecule has 24 heavy (non-hydrogen) atoms. The van der Waals surface area contributed by atoms with Crippen molar-refractivity contribution in [3.63, 3.8) is 0 Å². The molecule has 3 nitrogen and oxygen atoms in total. The van der Waals surface area contributed by atoms with Crippen molar-refractivity contribution in [1.82, 2.24) is 0 Å². The Kier molecular flexibility index (Phi) is 3.69. The Morgan fingerprint density at radius 1 is 1.25 bits per heavy atom. The van der Waals surface area contributed by atoms with Crippen LogP contribution in [0.1, 0.15) is 50.3 Å². The van der Waals surface area contributed by atoms with Gasteiger partial charge >= 0.3 is 7.12 Å². The lowest BCUT2D eigenvalue weighted by molar-refractivity contribution is -0.199. The summed E-state index contributed by atoms with van der Waals surface area (Å²) in [5.41, 5.74) is 10.6. The molecule has 4 aliphatic rings. The maximum absolute atomic E-state index is 6.51. The Morgan fingerprint density at radius 3 is 2.67 bits per heavy atom. The molecule has 4 fully saturated rings. The molecule has 3 saturated carbocycles. The number of nitrogens with two attached hydrogens (primary N) is 1. The summed E-state index contributed by atoms with van der Waals surface area (Å²) in [6.07, 6.45) is 3.41. The summed E-state index contributed by atoms with van der Waals surface area (Å²) in [6, 6.07) is 6.56. The van der Waals surface area contributed by atoms with Crippen LogP contribution in [0.2, 0.25) is 0 Å². The fourth-order valence-electron chi connectivity index (χ4n) is 5.51. The van der Waals surface area contributed by atoms with Gasteiger partial charge in [0.15, 0.2) is 0 Å². The lowest BCUT2D eigenvalue weighted by Gasteiger charge is -2.64. The summed E-state index contributed by atoms with van der Waals surface area (Å²) >= 11 is 0. The van der Waals surface area contributed by atoms with E-state index in [1.54, 1.807) is 0 Å². The normalized spacial score (nSPS) is 37.8. The second-order valence-electron chi connectivity index (χ2n) is 9.14. The van der Waals surface area contributed by atoms with Gasteiger partial charge in [-0.2, -0.15) is 0 Å². The molecule has 0 amide bonds. The molecule has 1 heterocycles. The highest BCUT2D eigenvalue weighted by Crippen LogP contribution is 2.65. The van der Waals surface area contributed by atoms with Gasteiger partial charge in [0.05, 0.1) is 11.7 Å². The molecule has 0 spiro atoms. The van der Waals surface area contributed by atoms with Gasteiger partial charge in [0.2, 0.25) is 0 Å². The van der Waals surface area contributed by atoms with Crippen molar-refractivity contribution in [2.24, 2.45) is 23.0 Å². The van der Waals surface area contributed by atoms with Crippen molar-refractivity contribution in [2.45, 2.75) is 71.5 Å². The Hall–Kier alpha value is -0.835. The van der Waals surface area contributed by atoms with E-state index < -0.39 is 0 Å². The lowest BCUT2D eigenvalue weighted by atomic mass is 9.43. The molecule has 1 unspecified atom stereocenters. The minimum atomic E-state index is -0.282. The first-order valence-corrected chi connectivity index (χ1v) is 9.37. The summed E-state index contributed by atoms with van der Waals surface area (Å²) in [5, 5.41) is 0. The van der Waals surface area contributed by atoms with E-state index >= 15 is 0 Å². The fraction of sp³-hybridized carbons (Fsp3) is 0.700. The first-order valence-electron chi connectivity index (χ1n) is 9.37. The number of hydrogen-bond acceptors (Lipinski definition) is 3. The van der Waals surface area contributed by atoms with Crippen molar-refractivity contribution >= 4 is 7.12 Å². The highest BCUT2D eigenvalue weighted by Gasteiger charge is 2.68. The molecule has 4 heteroatoms. The minimum Gasteiger partial charge on any atom is -0.404 e. The molecule has 5 rings (SSSR count). The molecular weight excluding hydrogens is 297 g/mol. The van der Waals surface area contributed by atoms with Gasteiger partial charge in [-0.05, 0) is 68.4 Å². The van der Waals surface area contributed by atoms with Gasteiger partial charge in [-0.15, -0.1) is 0 Å². The summed E-state index contributed by atoms with van der Waals surface area (Å²) in [5.74, 6) is 1.25. The van der Waals surface area contributed by atoms with Gasteiger partial charge in [-0.3, -0.25) is 0 Å². The molecule has 0 radical (unpaired) electrons. The molecule has 5 atom stereocenters. The molecule has 2 N–H and O–H groups in total. The second-order valence-corrected chi connectivity index (χ2v) is 9.14. The van der Waals surface area contributed by atoms with Crippen molar-refractivity contribution in [3.05, 3.63) is 34.9 Å². The summed E-state index contributed by atoms with van der Waals surface area (Å²) in [6.45, 7) is 11.3. The zero-order valence-corrected chi connectivity index (χ0v) is 15.6. The van der Waals surface area contributed by atoms with E-state index in [0.717, 1.165) is 18.8 Å². The lowest BCUT2D eigenvalue weighted by Crippen LogP contribution is -2.65. The van der Waals surface area contributed by atoms with E-state index in [1.807, 2.05) is 0 Å². The van der Waals surface area contributed by atoms with E-state index in [4.69, 9.17) is 15.0 Å². The molecule has 0 aromatic heterocycles. The smallest absolute Gasteiger partial charge is 0.404 e. The number of rotatable bonds is 3. The molecule has 1 aliphatic heterocycles. The van der Waals surface area contributed by atoms with Gasteiger partial charge < -0.3 is 15.0 Å². The maximum Gasteiger partial charge on any atom is 0.475 e. The average Bonchev–Trinajstić information content (AvgIpc) is 2.86. The standard InChI is InChI=1S/C20H30BNO2/c1-12-6-7-14(13(2)8-12)9-18(22)21-23-17-11-15-10-16(19(15,3)4)20(17,5)24-21/h6-8,15-18H,9-11,22H2,1-5H3/t15-,16-,17+,18?,20-/m0/s1. The van der Waals surface area contributed by atoms with Crippen LogP contribution < -0.4 is 5.73 Å². The molecule has 1 saturated heterocycles. The van der Waals surface area contributed by atoms with Gasteiger partial charge in [0.25, 0.3) is 0 Å². The van der Waals surface area contributed by atoms with E-state index in [1.165, 1.54) is 23.1 Å². The van der Waals surface area contributed by atoms with Crippen LogP contribution in [0, 0.1) is 31.1 Å². The van der Waals surface area contributed by atoms with Crippen LogP contribution in [0.15, 0.2) is 18.2 Å². The minimum absolute atomic E-state index is 0.117. The van der Waals surface area contributed by atoms with Crippen molar-refractivity contribution in [3.8, 4) is 0 Å². The fourth-order valence-corrected chi connectivity index (χ4v) is 5.51. The number of aryl methyl sites for hydroxylation is 2. The van der Waals surface area contributed by atoms with Crippen LogP contribution in [0.4, 0.5) is 0 Å². The van der Waals surface area contributed by atoms with Gasteiger partial charge in [0, 0.05) is 5.94 Å². The third kappa shape index (κ3) is 2.30. The predicted molar refractivity (Wildman–Crippen MR) is 97.7 cm³/mol. The molecule has 3 aliphatic carbocycles. The van der Waals surface area contributed by atoms with E-state index in [2.05, 4.69) is 52.8 Å². The third-order valence-corrected chi connectivity index (χ3v) is 7.27. The van der Waals surface area contributed by atoms with Crippen LogP contribution in [0.5, 0.6) is 0 Å². The van der Waals surface area contributed by atoms with E-state index in [9.17, 15) is 0 Å². The highest BCUT2D eigenvalue weighted by atomic mass is 16.7. The number of benzene rings is 1. The Morgan fingerprint density at radius 2 is 2.00 bits per heavy atom. The molecule has 1 aromatic carbocycles. The Bertz CT molecular complexity index is 661. The number of hydrogen-bond donors (Lipinski definition) is 1. The summed E-state index contributed by atoms with van der Waals surface area (Å²) < 4.78 is 12.8. The monoisotopic (exact) mass is 327 g/mol. The van der Waals surface area contributed by atoms with E-state index in [-0.39, 0.29) is 24.8 Å². The van der Waals surface area contributed by atoms with Gasteiger partial charge in [-0.1, -0.05) is 37.6 Å². The van der Waals surface area contributed by atoms with Crippen molar-refractivity contribution in [2.75, 3.05) is 0 Å². The second kappa shape index (κ2) is 5.33. The van der Waals surface area contributed by atoms with Gasteiger partial charge in [-0.25, -0.2) is 0 Å².